The Morgan fingerprint density at radius 3 is 2.56 bits per heavy atom. The summed E-state index contributed by atoms with van der Waals surface area (Å²) in [5.41, 5.74) is -0.466. The molecule has 2 atom stereocenters. The smallest absolute Gasteiger partial charge is 0.308 e. The van der Waals surface area contributed by atoms with E-state index in [4.69, 9.17) is 0 Å². The van der Waals surface area contributed by atoms with Crippen molar-refractivity contribution in [3.8, 4) is 0 Å². The lowest BCUT2D eigenvalue weighted by molar-refractivity contribution is -0.142. The van der Waals surface area contributed by atoms with Gasteiger partial charge < -0.3 is 10.4 Å². The number of carbonyl (C=O) groups is 2. The fraction of sp³-hybridized carbons (Fsp3) is 0.846. The third kappa shape index (κ3) is 4.88. The van der Waals surface area contributed by atoms with E-state index in [1.54, 1.807) is 0 Å². The summed E-state index contributed by atoms with van der Waals surface area (Å²) in [7, 11) is 0. The normalized spacial score (nSPS) is 21.6. The Hall–Kier alpha value is -0.710. The summed E-state index contributed by atoms with van der Waals surface area (Å²) < 4.78 is 0. The van der Waals surface area contributed by atoms with Gasteiger partial charge in [0.2, 0.25) is 5.91 Å². The van der Waals surface area contributed by atoms with Crippen LogP contribution in [0.4, 0.5) is 0 Å². The van der Waals surface area contributed by atoms with Crippen LogP contribution >= 0.6 is 11.8 Å². The van der Waals surface area contributed by atoms with E-state index in [2.05, 4.69) is 5.32 Å². The van der Waals surface area contributed by atoms with Crippen molar-refractivity contribution in [2.45, 2.75) is 33.6 Å². The number of hydrogen-bond donors (Lipinski definition) is 2. The number of carbonyl (C=O) groups excluding carboxylic acids is 1. The Morgan fingerprint density at radius 2 is 2.11 bits per heavy atom. The number of nitrogens with one attached hydrogen (secondary N) is 1. The summed E-state index contributed by atoms with van der Waals surface area (Å²) in [5.74, 6) is 1.32. The van der Waals surface area contributed by atoms with E-state index in [0.717, 1.165) is 17.9 Å². The average molecular weight is 273 g/mol. The van der Waals surface area contributed by atoms with Crippen molar-refractivity contribution in [3.63, 3.8) is 0 Å². The van der Waals surface area contributed by atoms with Crippen LogP contribution in [0.15, 0.2) is 0 Å². The van der Waals surface area contributed by atoms with Crippen LogP contribution in [0.3, 0.4) is 0 Å². The second-order valence-electron chi connectivity index (χ2n) is 5.96. The van der Waals surface area contributed by atoms with Crippen molar-refractivity contribution in [1.82, 2.24) is 5.32 Å². The van der Waals surface area contributed by atoms with Gasteiger partial charge in [-0.15, -0.1) is 0 Å². The molecule has 5 heteroatoms. The zero-order valence-corrected chi connectivity index (χ0v) is 12.2. The Balaban J connectivity index is 2.43. The van der Waals surface area contributed by atoms with E-state index in [1.807, 2.05) is 32.5 Å². The van der Waals surface area contributed by atoms with Crippen molar-refractivity contribution in [1.29, 1.82) is 0 Å². The highest BCUT2D eigenvalue weighted by atomic mass is 32.2. The number of carboxylic acids is 1. The first-order chi connectivity index (χ1) is 8.30. The van der Waals surface area contributed by atoms with Gasteiger partial charge in [-0.3, -0.25) is 9.59 Å². The molecule has 1 rings (SSSR count). The third-order valence-corrected chi connectivity index (χ3v) is 4.41. The minimum absolute atomic E-state index is 0.0884. The molecular formula is C13H23NO3S. The van der Waals surface area contributed by atoms with E-state index in [-0.39, 0.29) is 12.5 Å². The SMILES string of the molecule is CC(C)(C)C(=O)NCC(CC1CCSC1)C(=O)O. The number of aliphatic carboxylic acids is 1. The molecule has 1 aliphatic rings. The Kier molecular flexibility index (Phi) is 5.50. The molecule has 0 radical (unpaired) electrons. The molecule has 4 nitrogen and oxygen atoms in total. The van der Waals surface area contributed by atoms with Crippen LogP contribution in [-0.4, -0.2) is 35.0 Å². The molecule has 0 aromatic heterocycles. The Labute approximate surface area is 113 Å². The van der Waals surface area contributed by atoms with Crippen molar-refractivity contribution < 1.29 is 14.7 Å². The molecule has 2 N–H and O–H groups in total. The van der Waals surface area contributed by atoms with E-state index >= 15 is 0 Å². The van der Waals surface area contributed by atoms with Crippen LogP contribution in [0.5, 0.6) is 0 Å². The molecule has 0 spiro atoms. The van der Waals surface area contributed by atoms with E-state index in [1.165, 1.54) is 0 Å². The lowest BCUT2D eigenvalue weighted by Gasteiger charge is -2.21. The van der Waals surface area contributed by atoms with Gasteiger partial charge in [0.15, 0.2) is 0 Å². The number of carboxylic acid groups (broad SMARTS) is 1. The standard InChI is InChI=1S/C13H23NO3S/c1-13(2,3)12(17)14-7-10(11(15)16)6-9-4-5-18-8-9/h9-10H,4-8H2,1-3H3,(H,14,17)(H,15,16). The molecule has 0 aliphatic carbocycles. The van der Waals surface area contributed by atoms with Gasteiger partial charge in [0.05, 0.1) is 5.92 Å². The molecule has 0 bridgehead atoms. The zero-order valence-electron chi connectivity index (χ0n) is 11.4. The molecule has 1 heterocycles. The number of thioether (sulfide) groups is 1. The quantitative estimate of drug-likeness (QED) is 0.804. The van der Waals surface area contributed by atoms with Crippen LogP contribution < -0.4 is 5.32 Å². The fourth-order valence-corrected chi connectivity index (χ4v) is 3.23. The molecule has 18 heavy (non-hydrogen) atoms. The lowest BCUT2D eigenvalue weighted by atomic mass is 9.92. The molecule has 0 aromatic carbocycles. The number of amides is 1. The van der Waals surface area contributed by atoms with Crippen LogP contribution in [0.25, 0.3) is 0 Å². The van der Waals surface area contributed by atoms with Gasteiger partial charge in [-0.1, -0.05) is 20.8 Å². The predicted molar refractivity (Wildman–Crippen MR) is 73.6 cm³/mol. The van der Waals surface area contributed by atoms with Crippen molar-refractivity contribution in [3.05, 3.63) is 0 Å². The maximum Gasteiger partial charge on any atom is 0.308 e. The van der Waals surface area contributed by atoms with Crippen LogP contribution in [-0.2, 0) is 9.59 Å². The fourth-order valence-electron chi connectivity index (χ4n) is 1.92. The third-order valence-electron chi connectivity index (χ3n) is 3.18. The number of rotatable bonds is 5. The second-order valence-corrected chi connectivity index (χ2v) is 7.11. The summed E-state index contributed by atoms with van der Waals surface area (Å²) in [6, 6.07) is 0. The average Bonchev–Trinajstić information content (AvgIpc) is 2.74. The van der Waals surface area contributed by atoms with Crippen molar-refractivity contribution in [2.24, 2.45) is 17.3 Å². The molecule has 0 aromatic rings. The van der Waals surface area contributed by atoms with Gasteiger partial charge in [0.1, 0.15) is 0 Å². The minimum atomic E-state index is -0.805. The Morgan fingerprint density at radius 1 is 1.44 bits per heavy atom. The van der Waals surface area contributed by atoms with Gasteiger partial charge in [0, 0.05) is 12.0 Å². The predicted octanol–water partition coefficient (Wildman–Crippen LogP) is 1.99. The van der Waals surface area contributed by atoms with E-state index in [0.29, 0.717) is 12.3 Å². The van der Waals surface area contributed by atoms with E-state index < -0.39 is 17.3 Å². The Bertz CT molecular complexity index is 306. The highest BCUT2D eigenvalue weighted by Gasteiger charge is 2.27. The summed E-state index contributed by atoms with van der Waals surface area (Å²) >= 11 is 1.88. The monoisotopic (exact) mass is 273 g/mol. The van der Waals surface area contributed by atoms with Gasteiger partial charge in [-0.25, -0.2) is 0 Å². The van der Waals surface area contributed by atoms with Crippen molar-refractivity contribution >= 4 is 23.6 Å². The van der Waals surface area contributed by atoms with Crippen LogP contribution in [0, 0.1) is 17.3 Å². The molecule has 1 amide bonds. The first-order valence-electron chi connectivity index (χ1n) is 6.39. The summed E-state index contributed by atoms with van der Waals surface area (Å²) in [6.45, 7) is 5.72. The van der Waals surface area contributed by atoms with E-state index in [9.17, 15) is 14.7 Å². The van der Waals surface area contributed by atoms with Crippen LogP contribution in [0.1, 0.15) is 33.6 Å². The van der Waals surface area contributed by atoms with Crippen molar-refractivity contribution in [2.75, 3.05) is 18.1 Å². The van der Waals surface area contributed by atoms with Gasteiger partial charge in [-0.05, 0) is 30.3 Å². The van der Waals surface area contributed by atoms with Gasteiger partial charge in [-0.2, -0.15) is 11.8 Å². The van der Waals surface area contributed by atoms with Gasteiger partial charge in [0.25, 0.3) is 0 Å². The molecule has 1 fully saturated rings. The molecule has 1 saturated heterocycles. The highest BCUT2D eigenvalue weighted by Crippen LogP contribution is 2.28. The maximum atomic E-state index is 11.7. The topological polar surface area (TPSA) is 66.4 Å². The molecule has 2 unspecified atom stereocenters. The molecule has 0 saturated carbocycles. The molecule has 104 valence electrons. The molecule has 1 aliphatic heterocycles. The second kappa shape index (κ2) is 6.45. The maximum absolute atomic E-state index is 11.7. The highest BCUT2D eigenvalue weighted by molar-refractivity contribution is 7.99. The zero-order chi connectivity index (χ0) is 13.8. The summed E-state index contributed by atoms with van der Waals surface area (Å²) in [4.78, 5) is 22.9. The minimum Gasteiger partial charge on any atom is -0.481 e. The largest absolute Gasteiger partial charge is 0.481 e. The van der Waals surface area contributed by atoms with Gasteiger partial charge >= 0.3 is 5.97 Å². The van der Waals surface area contributed by atoms with Crippen LogP contribution in [0.2, 0.25) is 0 Å². The number of hydrogen-bond acceptors (Lipinski definition) is 3. The lowest BCUT2D eigenvalue weighted by Crippen LogP contribution is -2.40. The molecular weight excluding hydrogens is 250 g/mol. The summed E-state index contributed by atoms with van der Waals surface area (Å²) in [5, 5.41) is 11.9. The first kappa shape index (κ1) is 15.3. The summed E-state index contributed by atoms with van der Waals surface area (Å²) in [6.07, 6.45) is 1.77. The first-order valence-corrected chi connectivity index (χ1v) is 7.55.